The Labute approximate surface area is 165 Å². The molecule has 1 aromatic carbocycles. The molecule has 150 valence electrons. The Hall–Kier alpha value is -1.89. The van der Waals surface area contributed by atoms with Crippen LogP contribution in [0.15, 0.2) is 35.9 Å². The molecule has 6 nitrogen and oxygen atoms in total. The molecule has 3 heterocycles. The number of rotatable bonds is 2. The van der Waals surface area contributed by atoms with E-state index in [1.54, 1.807) is 0 Å². The number of likely N-dealkylation sites (N-methyl/N-ethyl adjacent to an activating group) is 1. The monoisotopic (exact) mass is 385 g/mol. The predicted molar refractivity (Wildman–Crippen MR) is 104 cm³/mol. The molecule has 6 atom stereocenters. The van der Waals surface area contributed by atoms with Crippen molar-refractivity contribution in [1.29, 1.82) is 0 Å². The summed E-state index contributed by atoms with van der Waals surface area (Å²) in [4.78, 5) is 16.9. The molecule has 0 aromatic heterocycles. The lowest BCUT2D eigenvalue weighted by Gasteiger charge is -2.68. The lowest BCUT2D eigenvalue weighted by molar-refractivity contribution is -0.945. The van der Waals surface area contributed by atoms with Gasteiger partial charge in [-0.05, 0) is 24.1 Å². The standard InChI is InChI=1S/C22H28N2O4/c1-4-14-12-24-10-9-21-15-7-5-6-8-17(15)23(2)22(21,27)18(24)11-16(14)20(21,13-25)19(26)28-3/h4-8,16,18,25,27H,9-13H2,1-3H3/p+1. The summed E-state index contributed by atoms with van der Waals surface area (Å²) in [7, 11) is 3.32. The second kappa shape index (κ2) is 5.59. The van der Waals surface area contributed by atoms with Crippen LogP contribution in [0.2, 0.25) is 0 Å². The fraction of sp³-hybridized carbons (Fsp3) is 0.591. The molecule has 6 unspecified atom stereocenters. The lowest BCUT2D eigenvalue weighted by atomic mass is 9.41. The zero-order valence-electron chi connectivity index (χ0n) is 16.7. The molecule has 3 bridgehead atoms. The zero-order chi connectivity index (χ0) is 19.9. The highest BCUT2D eigenvalue weighted by Crippen LogP contribution is 2.69. The molecule has 6 heteroatoms. The van der Waals surface area contributed by atoms with Gasteiger partial charge in [0.25, 0.3) is 0 Å². The number of nitrogens with one attached hydrogen (secondary N) is 1. The van der Waals surface area contributed by atoms with Crippen molar-refractivity contribution < 1.29 is 24.6 Å². The molecule has 0 spiro atoms. The maximum absolute atomic E-state index is 13.5. The van der Waals surface area contributed by atoms with Gasteiger partial charge in [0.05, 0.1) is 32.2 Å². The van der Waals surface area contributed by atoms with Crippen LogP contribution >= 0.6 is 0 Å². The smallest absolute Gasteiger partial charge is 0.315 e. The van der Waals surface area contributed by atoms with Gasteiger partial charge in [0.1, 0.15) is 11.5 Å². The van der Waals surface area contributed by atoms with E-state index in [1.165, 1.54) is 17.6 Å². The number of esters is 1. The average Bonchev–Trinajstić information content (AvgIpc) is 2.94. The normalized spacial score (nSPS) is 44.4. The maximum Gasteiger partial charge on any atom is 0.315 e. The number of para-hydroxylation sites is 1. The first kappa shape index (κ1) is 18.2. The fourth-order valence-electron chi connectivity index (χ4n) is 7.49. The summed E-state index contributed by atoms with van der Waals surface area (Å²) in [5, 5.41) is 23.3. The quantitative estimate of drug-likeness (QED) is 0.488. The third-order valence-corrected chi connectivity index (χ3v) is 8.54. The molecule has 3 N–H and O–H groups in total. The molecule has 0 amide bonds. The molecule has 2 saturated heterocycles. The number of carbonyl (C=O) groups excluding carboxylic acids is 1. The second-order valence-electron chi connectivity index (χ2n) is 8.87. The van der Waals surface area contributed by atoms with E-state index >= 15 is 0 Å². The third kappa shape index (κ3) is 1.59. The lowest BCUT2D eigenvalue weighted by Crippen LogP contribution is -3.23. The van der Waals surface area contributed by atoms with Crippen molar-refractivity contribution in [3.05, 3.63) is 41.5 Å². The number of benzene rings is 1. The number of allylic oxidation sites excluding steroid dienone is 1. The summed E-state index contributed by atoms with van der Waals surface area (Å²) in [6.07, 6.45) is 3.41. The molecule has 5 rings (SSSR count). The second-order valence-corrected chi connectivity index (χ2v) is 8.87. The van der Waals surface area contributed by atoms with Crippen molar-refractivity contribution in [3.63, 3.8) is 0 Å². The number of carbonyl (C=O) groups is 1. The van der Waals surface area contributed by atoms with Gasteiger partial charge in [-0.1, -0.05) is 24.3 Å². The van der Waals surface area contributed by atoms with Crippen LogP contribution in [0.5, 0.6) is 0 Å². The van der Waals surface area contributed by atoms with Gasteiger partial charge in [-0.15, -0.1) is 0 Å². The Morgan fingerprint density at radius 1 is 1.43 bits per heavy atom. The summed E-state index contributed by atoms with van der Waals surface area (Å²) in [6, 6.07) is 7.95. The van der Waals surface area contributed by atoms with Crippen LogP contribution in [0.3, 0.4) is 0 Å². The van der Waals surface area contributed by atoms with E-state index in [2.05, 4.69) is 6.08 Å². The minimum absolute atomic E-state index is 0.0170. The van der Waals surface area contributed by atoms with Crippen LogP contribution in [0.25, 0.3) is 0 Å². The number of piperidine rings is 2. The summed E-state index contributed by atoms with van der Waals surface area (Å²) in [5.41, 5.74) is -0.246. The number of aliphatic hydroxyl groups excluding tert-OH is 1. The van der Waals surface area contributed by atoms with Gasteiger partial charge in [0.15, 0.2) is 0 Å². The first-order valence-corrected chi connectivity index (χ1v) is 10.2. The zero-order valence-corrected chi connectivity index (χ0v) is 16.7. The van der Waals surface area contributed by atoms with Crippen molar-refractivity contribution in [2.75, 3.05) is 38.8 Å². The van der Waals surface area contributed by atoms with Crippen molar-refractivity contribution in [1.82, 2.24) is 0 Å². The molecule has 1 aromatic rings. The Kier molecular flexibility index (Phi) is 3.62. The molecular formula is C22H29N2O4+. The van der Waals surface area contributed by atoms with Gasteiger partial charge in [-0.25, -0.2) is 0 Å². The summed E-state index contributed by atoms with van der Waals surface area (Å²) >= 11 is 0. The molecule has 4 aliphatic rings. The number of ether oxygens (including phenoxy) is 1. The third-order valence-electron chi connectivity index (χ3n) is 8.54. The largest absolute Gasteiger partial charge is 0.468 e. The van der Waals surface area contributed by atoms with Crippen LogP contribution in [0.4, 0.5) is 5.69 Å². The van der Waals surface area contributed by atoms with Crippen molar-refractivity contribution in [3.8, 4) is 0 Å². The number of hydrogen-bond acceptors (Lipinski definition) is 5. The molecular weight excluding hydrogens is 356 g/mol. The van der Waals surface area contributed by atoms with E-state index in [-0.39, 0.29) is 18.6 Å². The minimum Gasteiger partial charge on any atom is -0.468 e. The Morgan fingerprint density at radius 2 is 2.18 bits per heavy atom. The van der Waals surface area contributed by atoms with E-state index in [0.717, 1.165) is 24.3 Å². The van der Waals surface area contributed by atoms with E-state index < -0.39 is 22.5 Å². The topological polar surface area (TPSA) is 74.4 Å². The summed E-state index contributed by atoms with van der Waals surface area (Å²) in [6.45, 7) is 3.33. The molecule has 28 heavy (non-hydrogen) atoms. The molecule has 1 aliphatic carbocycles. The van der Waals surface area contributed by atoms with Crippen LogP contribution < -0.4 is 9.80 Å². The number of aliphatic hydroxyl groups is 2. The van der Waals surface area contributed by atoms with Crippen molar-refractivity contribution in [2.45, 2.75) is 36.9 Å². The van der Waals surface area contributed by atoms with Gasteiger partial charge >= 0.3 is 5.97 Å². The minimum atomic E-state index is -1.24. The van der Waals surface area contributed by atoms with Crippen molar-refractivity contribution in [2.24, 2.45) is 11.3 Å². The number of quaternary nitrogens is 1. The van der Waals surface area contributed by atoms with Gasteiger partial charge < -0.3 is 24.7 Å². The Balaban J connectivity index is 1.91. The number of hydrogen-bond donors (Lipinski definition) is 3. The highest BCUT2D eigenvalue weighted by molar-refractivity contribution is 5.85. The number of anilines is 1. The van der Waals surface area contributed by atoms with Crippen LogP contribution in [0.1, 0.15) is 25.3 Å². The van der Waals surface area contributed by atoms with E-state index in [9.17, 15) is 15.0 Å². The average molecular weight is 385 g/mol. The van der Waals surface area contributed by atoms with Crippen molar-refractivity contribution >= 4 is 11.7 Å². The SMILES string of the molecule is CC=C1C[NH+]2CCC34c5ccccc5N(C)C3(O)C2CC1C4(CO)C(=O)OC. The van der Waals surface area contributed by atoms with Crippen LogP contribution in [-0.4, -0.2) is 61.8 Å². The van der Waals surface area contributed by atoms with Crippen LogP contribution in [0, 0.1) is 11.3 Å². The highest BCUT2D eigenvalue weighted by atomic mass is 16.5. The highest BCUT2D eigenvalue weighted by Gasteiger charge is 2.83. The van der Waals surface area contributed by atoms with Gasteiger partial charge in [0, 0.05) is 31.5 Å². The summed E-state index contributed by atoms with van der Waals surface area (Å²) in [5.74, 6) is -0.546. The van der Waals surface area contributed by atoms with E-state index in [0.29, 0.717) is 12.8 Å². The van der Waals surface area contributed by atoms with Gasteiger partial charge in [-0.2, -0.15) is 0 Å². The Morgan fingerprint density at radius 3 is 2.86 bits per heavy atom. The molecule has 3 fully saturated rings. The summed E-state index contributed by atoms with van der Waals surface area (Å²) < 4.78 is 5.35. The maximum atomic E-state index is 13.5. The molecule has 1 saturated carbocycles. The van der Waals surface area contributed by atoms with E-state index in [1.807, 2.05) is 43.1 Å². The number of methoxy groups -OCH3 is 1. The molecule has 3 aliphatic heterocycles. The van der Waals surface area contributed by atoms with E-state index in [4.69, 9.17) is 4.74 Å². The van der Waals surface area contributed by atoms with Gasteiger partial charge in [-0.3, -0.25) is 4.79 Å². The number of fused-ring (bicyclic) bond motifs is 2. The van der Waals surface area contributed by atoms with Crippen LogP contribution in [-0.2, 0) is 14.9 Å². The number of nitrogens with zero attached hydrogens (tertiary/aromatic N) is 1. The fourth-order valence-corrected chi connectivity index (χ4v) is 7.49. The van der Waals surface area contributed by atoms with Gasteiger partial charge in [0.2, 0.25) is 5.72 Å². The predicted octanol–water partition coefficient (Wildman–Crippen LogP) is -0.148. The Bertz CT molecular complexity index is 885. The first-order chi connectivity index (χ1) is 13.4. The molecule has 0 radical (unpaired) electrons. The first-order valence-electron chi connectivity index (χ1n) is 10.2.